The second-order valence-electron chi connectivity index (χ2n) is 7.99. The molecule has 1 saturated heterocycles. The average Bonchev–Trinajstić information content (AvgIpc) is 3.01. The van der Waals surface area contributed by atoms with Crippen molar-refractivity contribution >= 4 is 23.6 Å². The van der Waals surface area contributed by atoms with Gasteiger partial charge in [0.25, 0.3) is 0 Å². The summed E-state index contributed by atoms with van der Waals surface area (Å²) in [6.45, 7) is 7.55. The molecule has 0 bridgehead atoms. The molecule has 1 atom stereocenters. The predicted octanol–water partition coefficient (Wildman–Crippen LogP) is 4.09. The molecule has 6 heteroatoms. The fraction of sp³-hybridized carbons (Fsp3) is 0.579. The van der Waals surface area contributed by atoms with Crippen molar-refractivity contribution in [3.63, 3.8) is 0 Å². The van der Waals surface area contributed by atoms with Gasteiger partial charge in [-0.25, -0.2) is 4.79 Å². The van der Waals surface area contributed by atoms with Gasteiger partial charge >= 0.3 is 6.09 Å². The van der Waals surface area contributed by atoms with Crippen LogP contribution in [-0.4, -0.2) is 40.0 Å². The van der Waals surface area contributed by atoms with E-state index in [0.29, 0.717) is 24.7 Å². The Balaban J connectivity index is 1.94. The lowest BCUT2D eigenvalue weighted by atomic mass is 9.88. The zero-order chi connectivity index (χ0) is 18.4. The Morgan fingerprint density at radius 2 is 1.96 bits per heavy atom. The maximum atomic E-state index is 12.6. The smallest absolute Gasteiger partial charge is 0.407 e. The van der Waals surface area contributed by atoms with Gasteiger partial charge in [-0.3, -0.25) is 4.79 Å². The lowest BCUT2D eigenvalue weighted by Gasteiger charge is -2.35. The standard InChI is InChI=1S/C19H25ClN2O3/c1-19(2,3)17(23)21-8-6-14-12(11-21)9-13(20)10-15(14)16-5-4-7-22(16)18(24)25/h9-10,16H,4-8,11H2,1-3H3,(H,24,25). The zero-order valence-corrected chi connectivity index (χ0v) is 15.8. The number of hydrogen-bond donors (Lipinski definition) is 1. The van der Waals surface area contributed by atoms with Crippen LogP contribution in [-0.2, 0) is 17.8 Å². The number of halogens is 1. The van der Waals surface area contributed by atoms with Crippen LogP contribution in [0.2, 0.25) is 5.02 Å². The molecule has 0 saturated carbocycles. The number of likely N-dealkylation sites (tertiary alicyclic amines) is 1. The van der Waals surface area contributed by atoms with Crippen molar-refractivity contribution in [2.24, 2.45) is 5.41 Å². The van der Waals surface area contributed by atoms with E-state index in [0.717, 1.165) is 30.4 Å². The first-order valence-corrected chi connectivity index (χ1v) is 9.16. The predicted molar refractivity (Wildman–Crippen MR) is 96.7 cm³/mol. The van der Waals surface area contributed by atoms with Crippen molar-refractivity contribution in [2.45, 2.75) is 52.6 Å². The minimum atomic E-state index is -0.878. The summed E-state index contributed by atoms with van der Waals surface area (Å²) >= 11 is 6.34. The highest BCUT2D eigenvalue weighted by molar-refractivity contribution is 6.30. The molecule has 0 aromatic heterocycles. The van der Waals surface area contributed by atoms with E-state index in [1.807, 2.05) is 37.8 Å². The third-order valence-corrected chi connectivity index (χ3v) is 5.34. The minimum Gasteiger partial charge on any atom is -0.465 e. The van der Waals surface area contributed by atoms with Crippen molar-refractivity contribution in [3.05, 3.63) is 33.8 Å². The highest BCUT2D eigenvalue weighted by Gasteiger charge is 2.35. The van der Waals surface area contributed by atoms with Crippen LogP contribution in [0.3, 0.4) is 0 Å². The van der Waals surface area contributed by atoms with Crippen LogP contribution in [0.25, 0.3) is 0 Å². The molecular formula is C19H25ClN2O3. The lowest BCUT2D eigenvalue weighted by Crippen LogP contribution is -2.42. The third kappa shape index (κ3) is 3.47. The quantitative estimate of drug-likeness (QED) is 0.816. The van der Waals surface area contributed by atoms with Crippen molar-refractivity contribution in [1.82, 2.24) is 9.80 Å². The van der Waals surface area contributed by atoms with Gasteiger partial charge in [0, 0.05) is 30.1 Å². The minimum absolute atomic E-state index is 0.130. The molecule has 3 rings (SSSR count). The first-order valence-electron chi connectivity index (χ1n) is 8.78. The number of benzene rings is 1. The summed E-state index contributed by atoms with van der Waals surface area (Å²) < 4.78 is 0. The topological polar surface area (TPSA) is 60.9 Å². The number of rotatable bonds is 1. The summed E-state index contributed by atoms with van der Waals surface area (Å²) in [5.41, 5.74) is 2.82. The fourth-order valence-electron chi connectivity index (χ4n) is 3.96. The molecule has 1 N–H and O–H groups in total. The zero-order valence-electron chi connectivity index (χ0n) is 15.0. The molecule has 0 aliphatic carbocycles. The van der Waals surface area contributed by atoms with Crippen LogP contribution in [0.5, 0.6) is 0 Å². The molecular weight excluding hydrogens is 340 g/mol. The normalized spacial score (nSPS) is 20.6. The third-order valence-electron chi connectivity index (χ3n) is 5.12. The Hall–Kier alpha value is -1.75. The van der Waals surface area contributed by atoms with Gasteiger partial charge in [-0.1, -0.05) is 32.4 Å². The van der Waals surface area contributed by atoms with Crippen LogP contribution in [0, 0.1) is 5.41 Å². The Labute approximate surface area is 153 Å². The number of nitrogens with zero attached hydrogens (tertiary/aromatic N) is 2. The van der Waals surface area contributed by atoms with E-state index in [1.165, 1.54) is 10.5 Å². The molecule has 0 spiro atoms. The molecule has 25 heavy (non-hydrogen) atoms. The van der Waals surface area contributed by atoms with Crippen molar-refractivity contribution in [2.75, 3.05) is 13.1 Å². The molecule has 0 radical (unpaired) electrons. The second kappa shape index (κ2) is 6.52. The molecule has 1 aromatic rings. The molecule has 1 unspecified atom stereocenters. The number of carbonyl (C=O) groups excluding carboxylic acids is 1. The van der Waals surface area contributed by atoms with Gasteiger partial charge in [0.15, 0.2) is 0 Å². The summed E-state index contributed by atoms with van der Waals surface area (Å²) in [5, 5.41) is 10.1. The van der Waals surface area contributed by atoms with Gasteiger partial charge in [-0.05, 0) is 48.1 Å². The number of amides is 2. The largest absolute Gasteiger partial charge is 0.465 e. The van der Waals surface area contributed by atoms with Gasteiger partial charge in [0.2, 0.25) is 5.91 Å². The monoisotopic (exact) mass is 364 g/mol. The van der Waals surface area contributed by atoms with Gasteiger partial charge in [-0.15, -0.1) is 0 Å². The van der Waals surface area contributed by atoms with E-state index in [4.69, 9.17) is 11.6 Å². The number of hydrogen-bond acceptors (Lipinski definition) is 2. The molecule has 2 heterocycles. The number of fused-ring (bicyclic) bond motifs is 1. The maximum absolute atomic E-state index is 12.6. The first kappa shape index (κ1) is 18.1. The molecule has 1 aromatic carbocycles. The Morgan fingerprint density at radius 3 is 2.60 bits per heavy atom. The van der Waals surface area contributed by atoms with Gasteiger partial charge in [0.1, 0.15) is 0 Å². The summed E-state index contributed by atoms with van der Waals surface area (Å²) in [7, 11) is 0. The van der Waals surface area contributed by atoms with Gasteiger partial charge < -0.3 is 14.9 Å². The number of carboxylic acid groups (broad SMARTS) is 1. The summed E-state index contributed by atoms with van der Waals surface area (Å²) in [6.07, 6.45) is 1.56. The molecule has 136 valence electrons. The Morgan fingerprint density at radius 1 is 1.24 bits per heavy atom. The molecule has 2 amide bonds. The first-order chi connectivity index (χ1) is 11.7. The highest BCUT2D eigenvalue weighted by Crippen LogP contribution is 2.38. The van der Waals surface area contributed by atoms with Crippen LogP contribution in [0.1, 0.15) is 56.3 Å². The van der Waals surface area contributed by atoms with Crippen LogP contribution < -0.4 is 0 Å². The summed E-state index contributed by atoms with van der Waals surface area (Å²) in [5.74, 6) is 0.132. The molecule has 2 aliphatic rings. The van der Waals surface area contributed by atoms with E-state index in [1.54, 1.807) is 0 Å². The molecule has 1 fully saturated rings. The van der Waals surface area contributed by atoms with Crippen LogP contribution >= 0.6 is 11.6 Å². The van der Waals surface area contributed by atoms with Crippen molar-refractivity contribution in [3.8, 4) is 0 Å². The van der Waals surface area contributed by atoms with Gasteiger partial charge in [-0.2, -0.15) is 0 Å². The van der Waals surface area contributed by atoms with E-state index in [2.05, 4.69) is 0 Å². The Bertz CT molecular complexity index is 711. The average molecular weight is 365 g/mol. The van der Waals surface area contributed by atoms with E-state index in [-0.39, 0.29) is 11.9 Å². The van der Waals surface area contributed by atoms with E-state index < -0.39 is 11.5 Å². The van der Waals surface area contributed by atoms with Crippen molar-refractivity contribution in [1.29, 1.82) is 0 Å². The van der Waals surface area contributed by atoms with E-state index in [9.17, 15) is 14.7 Å². The molecule has 2 aliphatic heterocycles. The van der Waals surface area contributed by atoms with Crippen LogP contribution in [0.4, 0.5) is 4.79 Å². The van der Waals surface area contributed by atoms with E-state index >= 15 is 0 Å². The summed E-state index contributed by atoms with van der Waals surface area (Å²) in [4.78, 5) is 27.5. The SMILES string of the molecule is CC(C)(C)C(=O)N1CCc2c(cc(Cl)cc2C2CCCN2C(=O)O)C1. The maximum Gasteiger partial charge on any atom is 0.407 e. The van der Waals surface area contributed by atoms with Crippen molar-refractivity contribution < 1.29 is 14.7 Å². The lowest BCUT2D eigenvalue weighted by molar-refractivity contribution is -0.140. The second-order valence-corrected chi connectivity index (χ2v) is 8.43. The summed E-state index contributed by atoms with van der Waals surface area (Å²) in [6, 6.07) is 3.70. The number of carbonyl (C=O) groups is 2. The Kier molecular flexibility index (Phi) is 4.71. The van der Waals surface area contributed by atoms with Gasteiger partial charge in [0.05, 0.1) is 6.04 Å². The van der Waals surface area contributed by atoms with Crippen LogP contribution in [0.15, 0.2) is 12.1 Å². The molecule has 5 nitrogen and oxygen atoms in total. The fourth-order valence-corrected chi connectivity index (χ4v) is 4.21. The highest BCUT2D eigenvalue weighted by atomic mass is 35.5.